The minimum atomic E-state index is 0.280. The Morgan fingerprint density at radius 2 is 1.76 bits per heavy atom. The van der Waals surface area contributed by atoms with Crippen LogP contribution < -0.4 is 15.2 Å². The molecule has 3 heteroatoms. The van der Waals surface area contributed by atoms with E-state index in [-0.39, 0.29) is 6.04 Å². The fourth-order valence-corrected chi connectivity index (χ4v) is 1.84. The van der Waals surface area contributed by atoms with Gasteiger partial charge in [0.05, 0.1) is 14.2 Å². The quantitative estimate of drug-likeness (QED) is 0.827. The topological polar surface area (TPSA) is 44.5 Å². The summed E-state index contributed by atoms with van der Waals surface area (Å²) in [7, 11) is 3.32. The molecule has 1 aromatic carbocycles. The van der Waals surface area contributed by atoms with Gasteiger partial charge in [-0.3, -0.25) is 0 Å². The lowest BCUT2D eigenvalue weighted by Gasteiger charge is -2.14. The zero-order valence-electron chi connectivity index (χ0n) is 11.2. The molecule has 0 heterocycles. The van der Waals surface area contributed by atoms with Crippen LogP contribution in [0.2, 0.25) is 0 Å². The van der Waals surface area contributed by atoms with Gasteiger partial charge in [0.25, 0.3) is 0 Å². The molecule has 0 aliphatic heterocycles. The van der Waals surface area contributed by atoms with Crippen LogP contribution in [0, 0.1) is 6.92 Å². The Kier molecular flexibility index (Phi) is 5.29. The maximum atomic E-state index is 5.94. The van der Waals surface area contributed by atoms with Gasteiger partial charge in [-0.25, -0.2) is 0 Å². The van der Waals surface area contributed by atoms with Crippen molar-refractivity contribution in [3.8, 4) is 11.5 Å². The average molecular weight is 237 g/mol. The van der Waals surface area contributed by atoms with E-state index in [1.807, 2.05) is 6.07 Å². The lowest BCUT2D eigenvalue weighted by atomic mass is 9.99. The van der Waals surface area contributed by atoms with Gasteiger partial charge in [0.15, 0.2) is 11.5 Å². The molecule has 0 aliphatic rings. The summed E-state index contributed by atoms with van der Waals surface area (Å²) in [5.41, 5.74) is 8.45. The van der Waals surface area contributed by atoms with Crippen molar-refractivity contribution in [3.63, 3.8) is 0 Å². The predicted molar refractivity (Wildman–Crippen MR) is 70.9 cm³/mol. The number of nitrogens with two attached hydrogens (primary N) is 1. The number of hydrogen-bond donors (Lipinski definition) is 1. The predicted octanol–water partition coefficient (Wildman–Crippen LogP) is 2.68. The Labute approximate surface area is 104 Å². The van der Waals surface area contributed by atoms with E-state index in [0.29, 0.717) is 0 Å². The van der Waals surface area contributed by atoms with Gasteiger partial charge in [-0.05, 0) is 49.4 Å². The fraction of sp³-hybridized carbons (Fsp3) is 0.571. The molecule has 0 spiro atoms. The zero-order chi connectivity index (χ0) is 12.8. The van der Waals surface area contributed by atoms with Gasteiger partial charge >= 0.3 is 0 Å². The Hall–Kier alpha value is -1.22. The summed E-state index contributed by atoms with van der Waals surface area (Å²) in [6, 6.07) is 4.35. The first-order chi connectivity index (χ1) is 8.12. The summed E-state index contributed by atoms with van der Waals surface area (Å²) in [6.45, 7) is 4.21. The van der Waals surface area contributed by atoms with Crippen molar-refractivity contribution >= 4 is 0 Å². The minimum absolute atomic E-state index is 0.280. The van der Waals surface area contributed by atoms with E-state index < -0.39 is 0 Å². The summed E-state index contributed by atoms with van der Waals surface area (Å²) in [6.07, 6.45) is 3.01. The number of aryl methyl sites for hydroxylation is 2. The molecule has 96 valence electrons. The van der Waals surface area contributed by atoms with Gasteiger partial charge in [0.2, 0.25) is 0 Å². The molecular formula is C14H23NO2. The molecule has 0 amide bonds. The normalized spacial score (nSPS) is 12.3. The molecule has 0 saturated carbocycles. The second-order valence-electron chi connectivity index (χ2n) is 4.34. The van der Waals surface area contributed by atoms with E-state index in [2.05, 4.69) is 19.9 Å². The van der Waals surface area contributed by atoms with Crippen molar-refractivity contribution < 1.29 is 9.47 Å². The monoisotopic (exact) mass is 237 g/mol. The molecule has 0 fully saturated rings. The van der Waals surface area contributed by atoms with Crippen LogP contribution in [0.15, 0.2) is 12.1 Å². The largest absolute Gasteiger partial charge is 0.493 e. The molecule has 0 aliphatic carbocycles. The number of rotatable bonds is 6. The third-order valence-electron chi connectivity index (χ3n) is 3.15. The van der Waals surface area contributed by atoms with Crippen molar-refractivity contribution in [2.24, 2.45) is 5.73 Å². The Balaban J connectivity index is 2.85. The highest BCUT2D eigenvalue weighted by Gasteiger charge is 2.09. The first kappa shape index (κ1) is 13.8. The van der Waals surface area contributed by atoms with Crippen molar-refractivity contribution in [1.29, 1.82) is 0 Å². The molecule has 0 aromatic heterocycles. The molecule has 1 rings (SSSR count). The molecular weight excluding hydrogens is 214 g/mol. The molecule has 0 radical (unpaired) electrons. The lowest BCUT2D eigenvalue weighted by molar-refractivity contribution is 0.354. The van der Waals surface area contributed by atoms with E-state index >= 15 is 0 Å². The number of hydrogen-bond acceptors (Lipinski definition) is 3. The van der Waals surface area contributed by atoms with Gasteiger partial charge in [-0.1, -0.05) is 6.92 Å². The smallest absolute Gasteiger partial charge is 0.161 e. The van der Waals surface area contributed by atoms with Gasteiger partial charge in [-0.2, -0.15) is 0 Å². The standard InChI is InChI=1S/C14H23NO2/c1-5-12(15)7-6-11-9-14(17-4)13(16-3)8-10(11)2/h8-9,12H,5-7,15H2,1-4H3. The number of methoxy groups -OCH3 is 2. The van der Waals surface area contributed by atoms with Gasteiger partial charge < -0.3 is 15.2 Å². The van der Waals surface area contributed by atoms with Crippen LogP contribution in [0.25, 0.3) is 0 Å². The Morgan fingerprint density at radius 3 is 2.29 bits per heavy atom. The van der Waals surface area contributed by atoms with Crippen LogP contribution in [0.4, 0.5) is 0 Å². The van der Waals surface area contributed by atoms with Crippen LogP contribution >= 0.6 is 0 Å². The van der Waals surface area contributed by atoms with E-state index in [1.165, 1.54) is 11.1 Å². The summed E-state index contributed by atoms with van der Waals surface area (Å²) in [4.78, 5) is 0. The highest BCUT2D eigenvalue weighted by atomic mass is 16.5. The Bertz CT molecular complexity index is 363. The zero-order valence-corrected chi connectivity index (χ0v) is 11.2. The van der Waals surface area contributed by atoms with Crippen molar-refractivity contribution in [2.75, 3.05) is 14.2 Å². The van der Waals surface area contributed by atoms with Crippen LogP contribution in [-0.2, 0) is 6.42 Å². The van der Waals surface area contributed by atoms with Crippen molar-refractivity contribution in [1.82, 2.24) is 0 Å². The molecule has 0 saturated heterocycles. The second-order valence-corrected chi connectivity index (χ2v) is 4.34. The van der Waals surface area contributed by atoms with Gasteiger partial charge in [-0.15, -0.1) is 0 Å². The fourth-order valence-electron chi connectivity index (χ4n) is 1.84. The molecule has 1 aromatic rings. The minimum Gasteiger partial charge on any atom is -0.493 e. The summed E-state index contributed by atoms with van der Waals surface area (Å²) >= 11 is 0. The average Bonchev–Trinajstić information content (AvgIpc) is 2.36. The van der Waals surface area contributed by atoms with Gasteiger partial charge in [0.1, 0.15) is 0 Å². The van der Waals surface area contributed by atoms with E-state index in [4.69, 9.17) is 15.2 Å². The first-order valence-electron chi connectivity index (χ1n) is 6.09. The van der Waals surface area contributed by atoms with E-state index in [9.17, 15) is 0 Å². The number of ether oxygens (including phenoxy) is 2. The van der Waals surface area contributed by atoms with Gasteiger partial charge in [0, 0.05) is 6.04 Å². The molecule has 3 nitrogen and oxygen atoms in total. The maximum Gasteiger partial charge on any atom is 0.161 e. The van der Waals surface area contributed by atoms with E-state index in [0.717, 1.165) is 30.8 Å². The molecule has 17 heavy (non-hydrogen) atoms. The van der Waals surface area contributed by atoms with Crippen LogP contribution in [-0.4, -0.2) is 20.3 Å². The molecule has 1 atom stereocenters. The highest BCUT2D eigenvalue weighted by Crippen LogP contribution is 2.30. The molecule has 1 unspecified atom stereocenters. The van der Waals surface area contributed by atoms with Crippen molar-refractivity contribution in [3.05, 3.63) is 23.3 Å². The Morgan fingerprint density at radius 1 is 1.18 bits per heavy atom. The van der Waals surface area contributed by atoms with Crippen LogP contribution in [0.5, 0.6) is 11.5 Å². The second kappa shape index (κ2) is 6.50. The lowest BCUT2D eigenvalue weighted by Crippen LogP contribution is -2.19. The summed E-state index contributed by atoms with van der Waals surface area (Å²) in [5, 5.41) is 0. The third kappa shape index (κ3) is 3.63. The SMILES string of the molecule is CCC(N)CCc1cc(OC)c(OC)cc1C. The summed E-state index contributed by atoms with van der Waals surface area (Å²) < 4.78 is 10.6. The molecule has 0 bridgehead atoms. The molecule has 2 N–H and O–H groups in total. The maximum absolute atomic E-state index is 5.94. The third-order valence-corrected chi connectivity index (χ3v) is 3.15. The number of benzene rings is 1. The van der Waals surface area contributed by atoms with Crippen LogP contribution in [0.1, 0.15) is 30.9 Å². The summed E-state index contributed by atoms with van der Waals surface area (Å²) in [5.74, 6) is 1.58. The van der Waals surface area contributed by atoms with Crippen molar-refractivity contribution in [2.45, 2.75) is 39.2 Å². The van der Waals surface area contributed by atoms with E-state index in [1.54, 1.807) is 14.2 Å². The first-order valence-corrected chi connectivity index (χ1v) is 6.09. The van der Waals surface area contributed by atoms with Crippen LogP contribution in [0.3, 0.4) is 0 Å². The highest BCUT2D eigenvalue weighted by molar-refractivity contribution is 5.47.